The molecule has 0 aliphatic heterocycles. The molecule has 2 rings (SSSR count). The summed E-state index contributed by atoms with van der Waals surface area (Å²) in [6, 6.07) is 9.61. The van der Waals surface area contributed by atoms with Crippen molar-refractivity contribution in [1.82, 2.24) is 5.32 Å². The molecule has 0 saturated carbocycles. The van der Waals surface area contributed by atoms with Crippen LogP contribution in [0.25, 0.3) is 0 Å². The minimum atomic E-state index is -0.715. The molecule has 1 aromatic rings. The van der Waals surface area contributed by atoms with Crippen molar-refractivity contribution < 1.29 is 9.90 Å². The number of aliphatic hydroxyl groups excluding tert-OH is 1. The van der Waals surface area contributed by atoms with Gasteiger partial charge < -0.3 is 10.4 Å². The van der Waals surface area contributed by atoms with E-state index in [1.54, 1.807) is 0 Å². The zero-order valence-corrected chi connectivity index (χ0v) is 12.1. The van der Waals surface area contributed by atoms with Crippen molar-refractivity contribution >= 4 is 5.91 Å². The third-order valence-corrected chi connectivity index (χ3v) is 3.92. The van der Waals surface area contributed by atoms with E-state index in [0.29, 0.717) is 6.42 Å². The lowest BCUT2D eigenvalue weighted by molar-refractivity contribution is -0.122. The molecule has 1 amide bonds. The molecule has 1 unspecified atom stereocenters. The van der Waals surface area contributed by atoms with E-state index in [4.69, 9.17) is 0 Å². The van der Waals surface area contributed by atoms with Gasteiger partial charge in [-0.15, -0.1) is 0 Å². The fourth-order valence-corrected chi connectivity index (χ4v) is 2.63. The molecule has 1 aliphatic rings. The van der Waals surface area contributed by atoms with E-state index in [-0.39, 0.29) is 12.5 Å². The van der Waals surface area contributed by atoms with Gasteiger partial charge in [-0.2, -0.15) is 0 Å². The molecule has 0 saturated heterocycles. The van der Waals surface area contributed by atoms with Crippen molar-refractivity contribution in [3.63, 3.8) is 0 Å². The second-order valence-corrected chi connectivity index (χ2v) is 5.69. The number of hydrogen-bond acceptors (Lipinski definition) is 2. The summed E-state index contributed by atoms with van der Waals surface area (Å²) in [6.45, 7) is 1.75. The maximum Gasteiger partial charge on any atom is 0.224 e. The number of hydrogen-bond donors (Lipinski definition) is 2. The van der Waals surface area contributed by atoms with Crippen molar-refractivity contribution in [2.75, 3.05) is 6.61 Å². The van der Waals surface area contributed by atoms with E-state index in [9.17, 15) is 9.90 Å². The van der Waals surface area contributed by atoms with Crippen LogP contribution in [0.3, 0.4) is 0 Å². The fraction of sp³-hybridized carbons (Fsp3) is 0.471. The summed E-state index contributed by atoms with van der Waals surface area (Å²) in [4.78, 5) is 12.2. The van der Waals surface area contributed by atoms with Crippen molar-refractivity contribution in [3.8, 4) is 0 Å². The molecule has 3 heteroatoms. The Bertz CT molecular complexity index is 481. The zero-order chi connectivity index (χ0) is 14.4. The third kappa shape index (κ3) is 3.70. The molecule has 2 N–H and O–H groups in total. The Hall–Kier alpha value is -1.61. The minimum Gasteiger partial charge on any atom is -0.394 e. The van der Waals surface area contributed by atoms with E-state index in [1.807, 2.05) is 37.3 Å². The van der Waals surface area contributed by atoms with E-state index in [0.717, 1.165) is 18.4 Å². The first kappa shape index (κ1) is 14.8. The van der Waals surface area contributed by atoms with Gasteiger partial charge in [0, 0.05) is 6.42 Å². The maximum absolute atomic E-state index is 12.2. The van der Waals surface area contributed by atoms with Crippen LogP contribution in [-0.4, -0.2) is 17.6 Å². The monoisotopic (exact) mass is 273 g/mol. The summed E-state index contributed by atoms with van der Waals surface area (Å²) in [5.41, 5.74) is 1.43. The smallest absolute Gasteiger partial charge is 0.224 e. The molecule has 0 fully saturated rings. The number of amides is 1. The number of aliphatic hydroxyl groups is 1. The fourth-order valence-electron chi connectivity index (χ4n) is 2.63. The van der Waals surface area contributed by atoms with Gasteiger partial charge in [-0.3, -0.25) is 4.79 Å². The largest absolute Gasteiger partial charge is 0.394 e. The molecular weight excluding hydrogens is 250 g/mol. The summed E-state index contributed by atoms with van der Waals surface area (Å²) < 4.78 is 0. The first-order chi connectivity index (χ1) is 9.64. The molecule has 0 spiro atoms. The molecule has 1 atom stereocenters. The zero-order valence-electron chi connectivity index (χ0n) is 12.1. The Balaban J connectivity index is 2.02. The first-order valence-electron chi connectivity index (χ1n) is 7.29. The average Bonchev–Trinajstić information content (AvgIpc) is 2.49. The molecule has 0 heterocycles. The minimum absolute atomic E-state index is 0.0152. The number of benzene rings is 1. The van der Waals surface area contributed by atoms with Gasteiger partial charge in [-0.05, 0) is 38.2 Å². The second-order valence-electron chi connectivity index (χ2n) is 5.69. The Morgan fingerprint density at radius 1 is 1.30 bits per heavy atom. The van der Waals surface area contributed by atoms with Gasteiger partial charge in [0.15, 0.2) is 0 Å². The van der Waals surface area contributed by atoms with Crippen LogP contribution in [-0.2, 0) is 10.3 Å². The van der Waals surface area contributed by atoms with Crippen molar-refractivity contribution in [2.24, 2.45) is 0 Å². The van der Waals surface area contributed by atoms with Crippen LogP contribution in [0.2, 0.25) is 0 Å². The van der Waals surface area contributed by atoms with Crippen molar-refractivity contribution in [3.05, 3.63) is 47.5 Å². The molecular formula is C17H23NO2. The maximum atomic E-state index is 12.2. The van der Waals surface area contributed by atoms with E-state index in [1.165, 1.54) is 18.4 Å². The van der Waals surface area contributed by atoms with E-state index < -0.39 is 5.54 Å². The molecule has 3 nitrogen and oxygen atoms in total. The SMILES string of the molecule is CC(CO)(NC(=O)CC1=CCCCC1)c1ccccc1. The van der Waals surface area contributed by atoms with Crippen molar-refractivity contribution in [1.29, 1.82) is 0 Å². The van der Waals surface area contributed by atoms with Gasteiger partial charge in [0.25, 0.3) is 0 Å². The lowest BCUT2D eigenvalue weighted by atomic mass is 9.91. The van der Waals surface area contributed by atoms with Gasteiger partial charge in [0.1, 0.15) is 0 Å². The van der Waals surface area contributed by atoms with Gasteiger partial charge in [0.2, 0.25) is 5.91 Å². The molecule has 108 valence electrons. The molecule has 0 radical (unpaired) electrons. The Kier molecular flexibility index (Phi) is 4.96. The standard InChI is InChI=1S/C17H23NO2/c1-17(13-19,15-10-6-3-7-11-15)18-16(20)12-14-8-4-2-5-9-14/h3,6-8,10-11,19H,2,4-5,9,12-13H2,1H3,(H,18,20). The van der Waals surface area contributed by atoms with Crippen LogP contribution in [0, 0.1) is 0 Å². The van der Waals surface area contributed by atoms with Crippen LogP contribution >= 0.6 is 0 Å². The summed E-state index contributed by atoms with van der Waals surface area (Å²) in [5, 5.41) is 12.6. The van der Waals surface area contributed by atoms with Gasteiger partial charge >= 0.3 is 0 Å². The lowest BCUT2D eigenvalue weighted by Crippen LogP contribution is -2.46. The van der Waals surface area contributed by atoms with Crippen molar-refractivity contribution in [2.45, 2.75) is 44.6 Å². The molecule has 1 aliphatic carbocycles. The summed E-state index contributed by atoms with van der Waals surface area (Å²) in [6.07, 6.45) is 7.13. The quantitative estimate of drug-likeness (QED) is 0.810. The first-order valence-corrected chi connectivity index (χ1v) is 7.29. The number of carbonyl (C=O) groups excluding carboxylic acids is 1. The molecule has 1 aromatic carbocycles. The number of carbonyl (C=O) groups is 1. The Morgan fingerprint density at radius 2 is 2.05 bits per heavy atom. The number of allylic oxidation sites excluding steroid dienone is 1. The summed E-state index contributed by atoms with van der Waals surface area (Å²) >= 11 is 0. The van der Waals surface area contributed by atoms with Gasteiger partial charge in [-0.25, -0.2) is 0 Å². The van der Waals surface area contributed by atoms with Gasteiger partial charge in [-0.1, -0.05) is 42.0 Å². The predicted octanol–water partition coefficient (Wildman–Crippen LogP) is 2.90. The summed E-state index contributed by atoms with van der Waals surface area (Å²) in [5.74, 6) is -0.0152. The Morgan fingerprint density at radius 3 is 2.65 bits per heavy atom. The van der Waals surface area contributed by atoms with E-state index >= 15 is 0 Å². The van der Waals surface area contributed by atoms with Crippen LogP contribution in [0.1, 0.15) is 44.6 Å². The average molecular weight is 273 g/mol. The van der Waals surface area contributed by atoms with Crippen LogP contribution in [0.4, 0.5) is 0 Å². The molecule has 0 aromatic heterocycles. The van der Waals surface area contributed by atoms with Crippen LogP contribution < -0.4 is 5.32 Å². The normalized spacial score (nSPS) is 18.0. The van der Waals surface area contributed by atoms with Crippen LogP contribution in [0.15, 0.2) is 42.0 Å². The number of nitrogens with one attached hydrogen (secondary N) is 1. The van der Waals surface area contributed by atoms with Crippen LogP contribution in [0.5, 0.6) is 0 Å². The highest BCUT2D eigenvalue weighted by atomic mass is 16.3. The Labute approximate surface area is 120 Å². The topological polar surface area (TPSA) is 49.3 Å². The lowest BCUT2D eigenvalue weighted by Gasteiger charge is -2.29. The highest BCUT2D eigenvalue weighted by molar-refractivity contribution is 5.79. The predicted molar refractivity (Wildman–Crippen MR) is 80.2 cm³/mol. The summed E-state index contributed by atoms with van der Waals surface area (Å²) in [7, 11) is 0. The number of rotatable bonds is 5. The highest BCUT2D eigenvalue weighted by Gasteiger charge is 2.27. The molecule has 0 bridgehead atoms. The van der Waals surface area contributed by atoms with Gasteiger partial charge in [0.05, 0.1) is 12.1 Å². The highest BCUT2D eigenvalue weighted by Crippen LogP contribution is 2.23. The second kappa shape index (κ2) is 6.71. The third-order valence-electron chi connectivity index (χ3n) is 3.92. The van der Waals surface area contributed by atoms with E-state index in [2.05, 4.69) is 11.4 Å². The molecule has 20 heavy (non-hydrogen) atoms.